The number of hydrogen-bond donors (Lipinski definition) is 1. The van der Waals surface area contributed by atoms with Crippen molar-refractivity contribution in [1.29, 1.82) is 5.26 Å². The van der Waals surface area contributed by atoms with Crippen LogP contribution in [0.4, 0.5) is 14.6 Å². The maximum absolute atomic E-state index is 13.1. The van der Waals surface area contributed by atoms with Crippen molar-refractivity contribution in [2.24, 2.45) is 16.6 Å². The van der Waals surface area contributed by atoms with Crippen LogP contribution in [0.3, 0.4) is 0 Å². The first-order valence-corrected chi connectivity index (χ1v) is 12.0. The van der Waals surface area contributed by atoms with Crippen LogP contribution < -0.4 is 10.6 Å². The van der Waals surface area contributed by atoms with E-state index in [1.54, 1.807) is 24.0 Å². The van der Waals surface area contributed by atoms with Crippen molar-refractivity contribution in [3.63, 3.8) is 0 Å². The average Bonchev–Trinajstić information content (AvgIpc) is 3.29. The smallest absolute Gasteiger partial charge is 0.248 e. The van der Waals surface area contributed by atoms with E-state index < -0.39 is 5.92 Å². The number of nitrogens with two attached hydrogens (primary N) is 1. The van der Waals surface area contributed by atoms with Gasteiger partial charge in [-0.2, -0.15) is 10.4 Å². The second-order valence-corrected chi connectivity index (χ2v) is 9.44. The van der Waals surface area contributed by atoms with Gasteiger partial charge in [0, 0.05) is 99.7 Å². The van der Waals surface area contributed by atoms with E-state index in [9.17, 15) is 14.0 Å². The van der Waals surface area contributed by atoms with Crippen molar-refractivity contribution in [1.82, 2.24) is 19.5 Å². The molecule has 0 amide bonds. The molecular formula is C26H28F2N8. The third-order valence-electron chi connectivity index (χ3n) is 6.96. The van der Waals surface area contributed by atoms with Crippen molar-refractivity contribution in [3.8, 4) is 17.2 Å². The third-order valence-corrected chi connectivity index (χ3v) is 6.96. The molecule has 0 bridgehead atoms. The lowest BCUT2D eigenvalue weighted by Gasteiger charge is -2.41. The van der Waals surface area contributed by atoms with Crippen LogP contribution in [-0.2, 0) is 0 Å². The van der Waals surface area contributed by atoms with E-state index in [1.165, 1.54) is 6.20 Å². The summed E-state index contributed by atoms with van der Waals surface area (Å²) in [4.78, 5) is 13.3. The van der Waals surface area contributed by atoms with Crippen LogP contribution in [0.5, 0.6) is 0 Å². The van der Waals surface area contributed by atoms with Crippen LogP contribution >= 0.6 is 0 Å². The molecule has 0 radical (unpaired) electrons. The number of alkyl halides is 2. The van der Waals surface area contributed by atoms with Crippen molar-refractivity contribution in [2.75, 3.05) is 44.7 Å². The van der Waals surface area contributed by atoms with E-state index in [1.807, 2.05) is 30.6 Å². The Bertz CT molecular complexity index is 1340. The number of aromatic nitrogens is 3. The first-order valence-electron chi connectivity index (χ1n) is 12.0. The number of pyridine rings is 2. The Labute approximate surface area is 208 Å². The second-order valence-electron chi connectivity index (χ2n) is 9.44. The molecule has 1 saturated carbocycles. The molecule has 2 N–H and O–H groups in total. The fourth-order valence-corrected chi connectivity index (χ4v) is 5.11. The molecule has 1 saturated heterocycles. The molecule has 8 nitrogen and oxygen atoms in total. The molecular weight excluding hydrogens is 462 g/mol. The molecule has 1 aliphatic heterocycles. The summed E-state index contributed by atoms with van der Waals surface area (Å²) in [6.07, 6.45) is 8.39. The number of allylic oxidation sites excluding steroid dienone is 1. The Morgan fingerprint density at radius 2 is 2.03 bits per heavy atom. The topological polar surface area (TPSA) is 98.8 Å². The van der Waals surface area contributed by atoms with Gasteiger partial charge in [-0.3, -0.25) is 9.89 Å². The highest BCUT2D eigenvalue weighted by molar-refractivity contribution is 6.10. The van der Waals surface area contributed by atoms with Crippen LogP contribution in [0.25, 0.3) is 22.2 Å². The minimum Gasteiger partial charge on any atom is -0.404 e. The van der Waals surface area contributed by atoms with Gasteiger partial charge in [0.15, 0.2) is 0 Å². The molecule has 4 heterocycles. The van der Waals surface area contributed by atoms with Gasteiger partial charge in [0.25, 0.3) is 0 Å². The zero-order valence-corrected chi connectivity index (χ0v) is 20.1. The van der Waals surface area contributed by atoms with Crippen molar-refractivity contribution in [2.45, 2.75) is 18.8 Å². The van der Waals surface area contributed by atoms with Gasteiger partial charge in [-0.25, -0.2) is 18.3 Å². The van der Waals surface area contributed by atoms with E-state index in [0.717, 1.165) is 60.8 Å². The lowest BCUT2D eigenvalue weighted by atomic mass is 9.81. The number of aliphatic imine (C=N–C) groups is 1. The SMILES string of the molecule is CN=CC(=CN)c1cc(-c2ccc(N3CCN(CC4CC(F)(F)C4)CC3)nc2)c2c(C#N)cnn2c1. The zero-order valence-electron chi connectivity index (χ0n) is 20.1. The van der Waals surface area contributed by atoms with Gasteiger partial charge in [0.2, 0.25) is 5.92 Å². The molecule has 1 aliphatic carbocycles. The van der Waals surface area contributed by atoms with E-state index in [2.05, 4.69) is 26.0 Å². The molecule has 3 aromatic rings. The molecule has 186 valence electrons. The van der Waals surface area contributed by atoms with E-state index in [0.29, 0.717) is 11.1 Å². The number of nitrogens with zero attached hydrogens (tertiary/aromatic N) is 7. The summed E-state index contributed by atoms with van der Waals surface area (Å²) in [5, 5.41) is 14.0. The Kier molecular flexibility index (Phi) is 6.41. The summed E-state index contributed by atoms with van der Waals surface area (Å²) in [5.74, 6) is -1.48. The lowest BCUT2D eigenvalue weighted by Crippen LogP contribution is -2.50. The van der Waals surface area contributed by atoms with E-state index in [4.69, 9.17) is 10.7 Å². The number of rotatable bonds is 6. The number of hydrogen-bond acceptors (Lipinski definition) is 7. The summed E-state index contributed by atoms with van der Waals surface area (Å²) in [6.45, 7) is 4.02. The number of piperazine rings is 1. The summed E-state index contributed by atoms with van der Waals surface area (Å²) < 4.78 is 28.0. The maximum Gasteiger partial charge on any atom is 0.248 e. The quantitative estimate of drug-likeness (QED) is 0.532. The van der Waals surface area contributed by atoms with Crippen LogP contribution in [-0.4, -0.2) is 71.4 Å². The molecule has 0 spiro atoms. The highest BCUT2D eigenvalue weighted by atomic mass is 19.3. The third kappa shape index (κ3) is 4.66. The minimum atomic E-state index is -2.46. The van der Waals surface area contributed by atoms with E-state index >= 15 is 0 Å². The minimum absolute atomic E-state index is 0.0171. The van der Waals surface area contributed by atoms with Crippen molar-refractivity contribution >= 4 is 23.1 Å². The lowest BCUT2D eigenvalue weighted by molar-refractivity contribution is -0.116. The van der Waals surface area contributed by atoms with Crippen LogP contribution in [0, 0.1) is 17.2 Å². The molecule has 0 unspecified atom stereocenters. The van der Waals surface area contributed by atoms with Crippen LogP contribution in [0.1, 0.15) is 24.0 Å². The first kappa shape index (κ1) is 23.9. The summed E-state index contributed by atoms with van der Waals surface area (Å²) in [6, 6.07) is 8.17. The molecule has 0 atom stereocenters. The fourth-order valence-electron chi connectivity index (χ4n) is 5.11. The number of nitriles is 1. The fraction of sp³-hybridized carbons (Fsp3) is 0.385. The zero-order chi connectivity index (χ0) is 25.3. The Balaban J connectivity index is 1.35. The van der Waals surface area contributed by atoms with Gasteiger partial charge < -0.3 is 10.6 Å². The summed E-state index contributed by atoms with van der Waals surface area (Å²) >= 11 is 0. The van der Waals surface area contributed by atoms with Gasteiger partial charge in [0.05, 0.1) is 17.3 Å². The normalized spacial score (nSPS) is 19.1. The highest BCUT2D eigenvalue weighted by Crippen LogP contribution is 2.42. The number of anilines is 1. The average molecular weight is 491 g/mol. The second kappa shape index (κ2) is 9.66. The molecule has 0 aromatic carbocycles. The molecule has 36 heavy (non-hydrogen) atoms. The highest BCUT2D eigenvalue weighted by Gasteiger charge is 2.45. The first-order chi connectivity index (χ1) is 17.4. The van der Waals surface area contributed by atoms with Crippen molar-refractivity contribution < 1.29 is 8.78 Å². The Morgan fingerprint density at radius 3 is 2.64 bits per heavy atom. The Hall–Kier alpha value is -3.84. The molecule has 2 fully saturated rings. The monoisotopic (exact) mass is 490 g/mol. The van der Waals surface area contributed by atoms with Crippen LogP contribution in [0.15, 0.2) is 48.0 Å². The van der Waals surface area contributed by atoms with Gasteiger partial charge in [-0.15, -0.1) is 0 Å². The molecule has 2 aliphatic rings. The Morgan fingerprint density at radius 1 is 1.25 bits per heavy atom. The molecule has 5 rings (SSSR count). The number of fused-ring (bicyclic) bond motifs is 1. The summed E-state index contributed by atoms with van der Waals surface area (Å²) in [5.41, 5.74) is 10.3. The van der Waals surface area contributed by atoms with Gasteiger partial charge >= 0.3 is 0 Å². The standard InChI is InChI=1S/C26H28F2N8/c1-31-13-21(11-29)20-8-23(25-22(12-30)15-33-36(25)17-20)19-2-3-24(32-14-19)35-6-4-34(5-7-35)16-18-9-26(27,28)10-18/h2-3,8,11,13-15,17-18H,4-7,9-10,16,29H2,1H3. The predicted molar refractivity (Wildman–Crippen MR) is 136 cm³/mol. The molecule has 10 heteroatoms. The van der Waals surface area contributed by atoms with Gasteiger partial charge in [-0.05, 0) is 24.1 Å². The maximum atomic E-state index is 13.1. The van der Waals surface area contributed by atoms with Crippen molar-refractivity contribution in [3.05, 3.63) is 54.1 Å². The van der Waals surface area contributed by atoms with Crippen LogP contribution in [0.2, 0.25) is 0 Å². The van der Waals surface area contributed by atoms with Gasteiger partial charge in [-0.1, -0.05) is 0 Å². The largest absolute Gasteiger partial charge is 0.404 e. The molecule has 3 aromatic heterocycles. The number of halogens is 2. The van der Waals surface area contributed by atoms with E-state index in [-0.39, 0.29) is 18.8 Å². The summed E-state index contributed by atoms with van der Waals surface area (Å²) in [7, 11) is 1.68. The van der Waals surface area contributed by atoms with Gasteiger partial charge in [0.1, 0.15) is 11.9 Å². The predicted octanol–water partition coefficient (Wildman–Crippen LogP) is 3.44.